The van der Waals surface area contributed by atoms with E-state index in [1.807, 2.05) is 48.5 Å². The molecule has 1 aliphatic rings. The van der Waals surface area contributed by atoms with Crippen LogP contribution in [0.3, 0.4) is 0 Å². The third-order valence-electron chi connectivity index (χ3n) is 7.30. The zero-order valence-corrected chi connectivity index (χ0v) is 21.8. The number of fused-ring (bicyclic) bond motifs is 1. The van der Waals surface area contributed by atoms with Crippen LogP contribution in [0.5, 0.6) is 0 Å². The van der Waals surface area contributed by atoms with Gasteiger partial charge in [0.05, 0.1) is 0 Å². The average molecular weight is 518 g/mol. The lowest BCUT2D eigenvalue weighted by molar-refractivity contribution is -0.121. The van der Waals surface area contributed by atoms with Gasteiger partial charge in [-0.25, -0.2) is 4.39 Å². The summed E-state index contributed by atoms with van der Waals surface area (Å²) >= 11 is 6.38. The summed E-state index contributed by atoms with van der Waals surface area (Å²) in [6.07, 6.45) is 6.27. The number of hydrogen-bond acceptors (Lipinski definition) is 2. The fourth-order valence-electron chi connectivity index (χ4n) is 5.39. The van der Waals surface area contributed by atoms with Gasteiger partial charge in [0.15, 0.2) is 0 Å². The molecule has 37 heavy (non-hydrogen) atoms. The molecule has 4 aromatic rings. The molecule has 1 aromatic heterocycles. The largest absolute Gasteiger partial charge is 0.355 e. The van der Waals surface area contributed by atoms with Gasteiger partial charge < -0.3 is 14.8 Å². The fourth-order valence-corrected chi connectivity index (χ4v) is 5.59. The van der Waals surface area contributed by atoms with E-state index in [-0.39, 0.29) is 17.6 Å². The molecule has 1 atom stereocenters. The summed E-state index contributed by atoms with van der Waals surface area (Å²) in [5.74, 6) is -0.348. The van der Waals surface area contributed by atoms with Crippen molar-refractivity contribution < 1.29 is 9.18 Å². The van der Waals surface area contributed by atoms with E-state index in [9.17, 15) is 9.18 Å². The van der Waals surface area contributed by atoms with Crippen LogP contribution in [0, 0.1) is 5.82 Å². The van der Waals surface area contributed by atoms with Crippen LogP contribution in [0.4, 0.5) is 4.39 Å². The molecule has 1 fully saturated rings. The standard InChI is InChI=1S/C31H33ClFN3O/c32-25-8-6-7-24(19-25)28(20-31(37)34-15-18-35-16-4-1-5-17-35)29-22-36(30-10-3-2-9-27(29)30)21-23-11-13-26(33)14-12-23/h2-3,6-14,19,22,28H,1,4-5,15-18,20-21H2,(H,34,37)/t28-/m0/s1. The van der Waals surface area contributed by atoms with Crippen LogP contribution in [0.2, 0.25) is 5.02 Å². The minimum Gasteiger partial charge on any atom is -0.355 e. The summed E-state index contributed by atoms with van der Waals surface area (Å²) in [5, 5.41) is 4.92. The third-order valence-corrected chi connectivity index (χ3v) is 7.54. The second-order valence-electron chi connectivity index (χ2n) is 9.92. The number of halogens is 2. The quantitative estimate of drug-likeness (QED) is 0.271. The molecule has 0 unspecified atom stereocenters. The second-order valence-corrected chi connectivity index (χ2v) is 10.4. The first-order chi connectivity index (χ1) is 18.1. The van der Waals surface area contributed by atoms with Crippen LogP contribution in [-0.2, 0) is 11.3 Å². The number of nitrogens with zero attached hydrogens (tertiary/aromatic N) is 2. The number of para-hydroxylation sites is 1. The Balaban J connectivity index is 1.41. The molecular weight excluding hydrogens is 485 g/mol. The van der Waals surface area contributed by atoms with E-state index < -0.39 is 0 Å². The number of aromatic nitrogens is 1. The Morgan fingerprint density at radius 1 is 0.973 bits per heavy atom. The number of benzene rings is 3. The van der Waals surface area contributed by atoms with Gasteiger partial charge in [-0.3, -0.25) is 4.79 Å². The van der Waals surface area contributed by atoms with Crippen molar-refractivity contribution in [3.63, 3.8) is 0 Å². The van der Waals surface area contributed by atoms with Gasteiger partial charge >= 0.3 is 0 Å². The summed E-state index contributed by atoms with van der Waals surface area (Å²) in [7, 11) is 0. The lowest BCUT2D eigenvalue weighted by Crippen LogP contribution is -2.38. The first-order valence-corrected chi connectivity index (χ1v) is 13.5. The first-order valence-electron chi connectivity index (χ1n) is 13.1. The van der Waals surface area contributed by atoms with Crippen LogP contribution in [0.1, 0.15) is 48.3 Å². The number of nitrogens with one attached hydrogen (secondary N) is 1. The topological polar surface area (TPSA) is 37.3 Å². The van der Waals surface area contributed by atoms with Gasteiger partial charge in [0.2, 0.25) is 5.91 Å². The van der Waals surface area contributed by atoms with Crippen LogP contribution in [0.15, 0.2) is 79.0 Å². The van der Waals surface area contributed by atoms with Crippen molar-refractivity contribution in [3.05, 3.63) is 107 Å². The Labute approximate surface area is 223 Å². The summed E-state index contributed by atoms with van der Waals surface area (Å²) < 4.78 is 15.7. The molecule has 2 heterocycles. The lowest BCUT2D eigenvalue weighted by Gasteiger charge is -2.26. The highest BCUT2D eigenvalue weighted by atomic mass is 35.5. The van der Waals surface area contributed by atoms with Crippen molar-refractivity contribution in [2.75, 3.05) is 26.2 Å². The summed E-state index contributed by atoms with van der Waals surface area (Å²) in [6.45, 7) is 4.41. The van der Waals surface area contributed by atoms with Crippen molar-refractivity contribution in [2.45, 2.75) is 38.1 Å². The molecule has 1 amide bonds. The maximum Gasteiger partial charge on any atom is 0.220 e. The molecule has 1 N–H and O–H groups in total. The molecule has 0 aliphatic carbocycles. The number of carbonyl (C=O) groups excluding carboxylic acids is 1. The monoisotopic (exact) mass is 517 g/mol. The van der Waals surface area contributed by atoms with Crippen LogP contribution in [0.25, 0.3) is 10.9 Å². The van der Waals surface area contributed by atoms with Crippen molar-refractivity contribution in [2.24, 2.45) is 0 Å². The predicted molar refractivity (Wildman–Crippen MR) is 149 cm³/mol. The first kappa shape index (κ1) is 25.5. The van der Waals surface area contributed by atoms with E-state index in [1.54, 1.807) is 0 Å². The van der Waals surface area contributed by atoms with E-state index in [1.165, 1.54) is 31.4 Å². The average Bonchev–Trinajstić information content (AvgIpc) is 3.27. The number of carbonyl (C=O) groups is 1. The van der Waals surface area contributed by atoms with Gasteiger partial charge in [-0.15, -0.1) is 0 Å². The van der Waals surface area contributed by atoms with Crippen LogP contribution < -0.4 is 5.32 Å². The molecular formula is C31H33ClFN3O. The number of rotatable bonds is 9. The van der Waals surface area contributed by atoms with Crippen molar-refractivity contribution >= 4 is 28.4 Å². The molecule has 0 spiro atoms. The van der Waals surface area contributed by atoms with E-state index in [0.29, 0.717) is 24.5 Å². The molecule has 5 rings (SSSR count). The second kappa shape index (κ2) is 11.9. The third kappa shape index (κ3) is 6.41. The van der Waals surface area contributed by atoms with Gasteiger partial charge in [0.1, 0.15) is 5.82 Å². The molecule has 6 heteroatoms. The summed E-state index contributed by atoms with van der Waals surface area (Å²) in [6, 6.07) is 22.7. The van der Waals surface area contributed by atoms with Gasteiger partial charge in [-0.1, -0.05) is 60.5 Å². The Morgan fingerprint density at radius 3 is 2.54 bits per heavy atom. The number of hydrogen-bond donors (Lipinski definition) is 1. The minimum absolute atomic E-state index is 0.0392. The Hall–Kier alpha value is -3.15. The molecule has 192 valence electrons. The highest BCUT2D eigenvalue weighted by Gasteiger charge is 2.23. The van der Waals surface area contributed by atoms with Gasteiger partial charge in [-0.05, 0) is 73.0 Å². The van der Waals surface area contributed by atoms with Gasteiger partial charge in [0, 0.05) is 54.1 Å². The zero-order chi connectivity index (χ0) is 25.6. The van der Waals surface area contributed by atoms with Crippen LogP contribution in [-0.4, -0.2) is 41.6 Å². The fraction of sp³-hybridized carbons (Fsp3) is 0.323. The number of amides is 1. The van der Waals surface area contributed by atoms with Crippen molar-refractivity contribution in [1.82, 2.24) is 14.8 Å². The molecule has 3 aromatic carbocycles. The van der Waals surface area contributed by atoms with Gasteiger partial charge in [-0.2, -0.15) is 0 Å². The van der Waals surface area contributed by atoms with E-state index >= 15 is 0 Å². The maximum atomic E-state index is 13.5. The predicted octanol–water partition coefficient (Wildman–Crippen LogP) is 6.61. The minimum atomic E-state index is -0.242. The molecule has 0 radical (unpaired) electrons. The van der Waals surface area contributed by atoms with Crippen molar-refractivity contribution in [1.29, 1.82) is 0 Å². The number of piperidine rings is 1. The van der Waals surface area contributed by atoms with Crippen molar-refractivity contribution in [3.8, 4) is 0 Å². The molecule has 4 nitrogen and oxygen atoms in total. The molecule has 0 bridgehead atoms. The molecule has 1 aliphatic heterocycles. The molecule has 1 saturated heterocycles. The normalized spacial score (nSPS) is 15.1. The number of likely N-dealkylation sites (tertiary alicyclic amines) is 1. The Bertz CT molecular complexity index is 1340. The summed E-state index contributed by atoms with van der Waals surface area (Å²) in [4.78, 5) is 15.6. The van der Waals surface area contributed by atoms with E-state index in [4.69, 9.17) is 11.6 Å². The Morgan fingerprint density at radius 2 is 1.76 bits per heavy atom. The highest BCUT2D eigenvalue weighted by Crippen LogP contribution is 2.36. The lowest BCUT2D eigenvalue weighted by atomic mass is 9.88. The van der Waals surface area contributed by atoms with E-state index in [0.717, 1.165) is 47.2 Å². The smallest absolute Gasteiger partial charge is 0.220 e. The highest BCUT2D eigenvalue weighted by molar-refractivity contribution is 6.30. The van der Waals surface area contributed by atoms with E-state index in [2.05, 4.69) is 33.1 Å². The van der Waals surface area contributed by atoms with Gasteiger partial charge in [0.25, 0.3) is 0 Å². The zero-order valence-electron chi connectivity index (χ0n) is 21.0. The van der Waals surface area contributed by atoms with Crippen LogP contribution >= 0.6 is 11.6 Å². The molecule has 0 saturated carbocycles. The Kier molecular flexibility index (Phi) is 8.22. The SMILES string of the molecule is O=C(C[C@@H](c1cccc(Cl)c1)c1cn(Cc2ccc(F)cc2)c2ccccc12)NCCN1CCCCC1. The summed E-state index contributed by atoms with van der Waals surface area (Å²) in [5.41, 5.74) is 4.21. The maximum absolute atomic E-state index is 13.5.